The lowest BCUT2D eigenvalue weighted by Crippen LogP contribution is -2.14. The van der Waals surface area contributed by atoms with Crippen molar-refractivity contribution in [1.29, 1.82) is 0 Å². The number of rotatable bonds is 5. The molecule has 0 aliphatic heterocycles. The molecule has 0 radical (unpaired) electrons. The van der Waals surface area contributed by atoms with Crippen molar-refractivity contribution >= 4 is 23.4 Å². The first-order valence-electron chi connectivity index (χ1n) is 7.28. The van der Waals surface area contributed by atoms with Crippen LogP contribution >= 0.6 is 11.8 Å². The number of H-pyrrole nitrogens is 1. The second kappa shape index (κ2) is 7.27. The van der Waals surface area contributed by atoms with Crippen LogP contribution in [0.1, 0.15) is 5.56 Å². The Kier molecular flexibility index (Phi) is 4.90. The maximum atomic E-state index is 12.8. The minimum Gasteiger partial charge on any atom is -0.325 e. The smallest absolute Gasteiger partial charge is 0.234 e. The summed E-state index contributed by atoms with van der Waals surface area (Å²) in [6.07, 6.45) is 0. The van der Waals surface area contributed by atoms with Crippen molar-refractivity contribution in [2.24, 2.45) is 0 Å². The van der Waals surface area contributed by atoms with Gasteiger partial charge in [0.2, 0.25) is 11.1 Å². The predicted molar refractivity (Wildman–Crippen MR) is 92.3 cm³/mol. The molecule has 0 unspecified atom stereocenters. The van der Waals surface area contributed by atoms with Crippen molar-refractivity contribution in [1.82, 2.24) is 15.2 Å². The molecule has 0 saturated heterocycles. The number of hydrogen-bond acceptors (Lipinski definition) is 4. The first-order valence-corrected chi connectivity index (χ1v) is 8.26. The number of thioether (sulfide) groups is 1. The SMILES string of the molecule is Cc1ccc(-c2nc(SCC(=O)Nc3ccc(F)cc3)n[nH]2)cc1. The Morgan fingerprint density at radius 3 is 2.58 bits per heavy atom. The molecule has 0 bridgehead atoms. The van der Waals surface area contributed by atoms with E-state index in [0.717, 1.165) is 5.56 Å². The van der Waals surface area contributed by atoms with E-state index in [4.69, 9.17) is 0 Å². The van der Waals surface area contributed by atoms with E-state index in [0.29, 0.717) is 16.7 Å². The molecule has 0 saturated carbocycles. The lowest BCUT2D eigenvalue weighted by Gasteiger charge is -2.03. The van der Waals surface area contributed by atoms with Gasteiger partial charge in [0.1, 0.15) is 5.82 Å². The van der Waals surface area contributed by atoms with Crippen LogP contribution in [-0.2, 0) is 4.79 Å². The van der Waals surface area contributed by atoms with E-state index < -0.39 is 0 Å². The van der Waals surface area contributed by atoms with Crippen LogP contribution < -0.4 is 5.32 Å². The molecule has 3 aromatic rings. The average molecular weight is 342 g/mol. The van der Waals surface area contributed by atoms with E-state index in [1.807, 2.05) is 31.2 Å². The summed E-state index contributed by atoms with van der Waals surface area (Å²) in [5.74, 6) is 0.291. The maximum Gasteiger partial charge on any atom is 0.234 e. The number of carbonyl (C=O) groups is 1. The van der Waals surface area contributed by atoms with Crippen LogP contribution in [-0.4, -0.2) is 26.8 Å². The number of benzene rings is 2. The van der Waals surface area contributed by atoms with Crippen molar-refractivity contribution in [3.63, 3.8) is 0 Å². The van der Waals surface area contributed by atoms with Gasteiger partial charge in [0.25, 0.3) is 0 Å². The number of nitrogens with one attached hydrogen (secondary N) is 2. The Bertz CT molecular complexity index is 831. The highest BCUT2D eigenvalue weighted by Crippen LogP contribution is 2.20. The van der Waals surface area contributed by atoms with Crippen molar-refractivity contribution < 1.29 is 9.18 Å². The molecule has 3 rings (SSSR count). The number of aromatic nitrogens is 3. The summed E-state index contributed by atoms with van der Waals surface area (Å²) in [7, 11) is 0. The lowest BCUT2D eigenvalue weighted by atomic mass is 10.1. The molecule has 0 atom stereocenters. The van der Waals surface area contributed by atoms with Gasteiger partial charge in [-0.3, -0.25) is 9.89 Å². The number of halogens is 1. The zero-order valence-electron chi connectivity index (χ0n) is 12.9. The zero-order chi connectivity index (χ0) is 16.9. The largest absolute Gasteiger partial charge is 0.325 e. The van der Waals surface area contributed by atoms with E-state index in [9.17, 15) is 9.18 Å². The van der Waals surface area contributed by atoms with E-state index in [-0.39, 0.29) is 17.5 Å². The third-order valence-corrected chi connectivity index (χ3v) is 4.10. The van der Waals surface area contributed by atoms with Gasteiger partial charge >= 0.3 is 0 Å². The van der Waals surface area contributed by atoms with Crippen LogP contribution in [0.5, 0.6) is 0 Å². The van der Waals surface area contributed by atoms with Gasteiger partial charge in [0, 0.05) is 11.3 Å². The van der Waals surface area contributed by atoms with Gasteiger partial charge < -0.3 is 5.32 Å². The summed E-state index contributed by atoms with van der Waals surface area (Å²) >= 11 is 1.23. The molecule has 0 spiro atoms. The third-order valence-electron chi connectivity index (χ3n) is 3.25. The highest BCUT2D eigenvalue weighted by atomic mass is 32.2. The van der Waals surface area contributed by atoms with Crippen LogP contribution in [0.15, 0.2) is 53.7 Å². The minimum atomic E-state index is -0.341. The normalized spacial score (nSPS) is 10.6. The van der Waals surface area contributed by atoms with Crippen molar-refractivity contribution in [2.45, 2.75) is 12.1 Å². The van der Waals surface area contributed by atoms with E-state index in [1.165, 1.54) is 41.6 Å². The second-order valence-electron chi connectivity index (χ2n) is 5.18. The van der Waals surface area contributed by atoms with Gasteiger partial charge in [-0.1, -0.05) is 41.6 Å². The van der Waals surface area contributed by atoms with Gasteiger partial charge in [0.05, 0.1) is 5.75 Å². The quantitative estimate of drug-likeness (QED) is 0.694. The van der Waals surface area contributed by atoms with Gasteiger partial charge in [-0.25, -0.2) is 9.37 Å². The molecule has 0 fully saturated rings. The Balaban J connectivity index is 1.56. The molecule has 7 heteroatoms. The van der Waals surface area contributed by atoms with E-state index >= 15 is 0 Å². The van der Waals surface area contributed by atoms with Crippen molar-refractivity contribution in [3.8, 4) is 11.4 Å². The fourth-order valence-corrected chi connectivity index (χ4v) is 2.61. The number of aromatic amines is 1. The lowest BCUT2D eigenvalue weighted by molar-refractivity contribution is -0.113. The Hall–Kier alpha value is -2.67. The van der Waals surface area contributed by atoms with Crippen LogP contribution in [0, 0.1) is 12.7 Å². The Morgan fingerprint density at radius 1 is 1.17 bits per heavy atom. The fraction of sp³-hybridized carbons (Fsp3) is 0.118. The first-order chi connectivity index (χ1) is 11.6. The van der Waals surface area contributed by atoms with Crippen LogP contribution in [0.25, 0.3) is 11.4 Å². The topological polar surface area (TPSA) is 70.7 Å². The first kappa shape index (κ1) is 16.2. The highest BCUT2D eigenvalue weighted by Gasteiger charge is 2.09. The molecule has 1 heterocycles. The summed E-state index contributed by atoms with van der Waals surface area (Å²) in [6.45, 7) is 2.02. The monoisotopic (exact) mass is 342 g/mol. The van der Waals surface area contributed by atoms with Crippen LogP contribution in [0.3, 0.4) is 0 Å². The van der Waals surface area contributed by atoms with Gasteiger partial charge in [0.15, 0.2) is 5.82 Å². The van der Waals surface area contributed by atoms with Crippen molar-refractivity contribution in [3.05, 3.63) is 59.9 Å². The molecule has 1 aromatic heterocycles. The van der Waals surface area contributed by atoms with Crippen LogP contribution in [0.4, 0.5) is 10.1 Å². The van der Waals surface area contributed by atoms with Crippen LogP contribution in [0.2, 0.25) is 0 Å². The highest BCUT2D eigenvalue weighted by molar-refractivity contribution is 7.99. The maximum absolute atomic E-state index is 12.8. The molecular formula is C17H15FN4OS. The number of hydrogen-bond donors (Lipinski definition) is 2. The average Bonchev–Trinajstić information content (AvgIpc) is 3.05. The third kappa shape index (κ3) is 4.20. The molecule has 122 valence electrons. The summed E-state index contributed by atoms with van der Waals surface area (Å²) < 4.78 is 12.8. The fourth-order valence-electron chi connectivity index (χ4n) is 2.01. The molecule has 2 aromatic carbocycles. The number of aryl methyl sites for hydroxylation is 1. The van der Waals surface area contributed by atoms with Gasteiger partial charge in [-0.05, 0) is 31.2 Å². The standard InChI is InChI=1S/C17H15FN4OS/c1-11-2-4-12(5-3-11)16-20-17(22-21-16)24-10-15(23)19-14-8-6-13(18)7-9-14/h2-9H,10H2,1H3,(H,19,23)(H,20,21,22). The number of nitrogens with zero attached hydrogens (tertiary/aromatic N) is 2. The molecular weight excluding hydrogens is 327 g/mol. The molecule has 5 nitrogen and oxygen atoms in total. The summed E-state index contributed by atoms with van der Waals surface area (Å²) in [6, 6.07) is 13.6. The summed E-state index contributed by atoms with van der Waals surface area (Å²) in [5.41, 5.74) is 2.67. The zero-order valence-corrected chi connectivity index (χ0v) is 13.7. The molecule has 1 amide bonds. The molecule has 2 N–H and O–H groups in total. The molecule has 0 aliphatic rings. The number of anilines is 1. The van der Waals surface area contributed by atoms with Crippen molar-refractivity contribution in [2.75, 3.05) is 11.1 Å². The van der Waals surface area contributed by atoms with Gasteiger partial charge in [-0.2, -0.15) is 0 Å². The Labute approximate surface area is 142 Å². The number of carbonyl (C=O) groups excluding carboxylic acids is 1. The molecule has 0 aliphatic carbocycles. The minimum absolute atomic E-state index is 0.169. The predicted octanol–water partition coefficient (Wildman–Crippen LogP) is 3.65. The van der Waals surface area contributed by atoms with Gasteiger partial charge in [-0.15, -0.1) is 5.10 Å². The number of amides is 1. The summed E-state index contributed by atoms with van der Waals surface area (Å²) in [4.78, 5) is 16.3. The van der Waals surface area contributed by atoms with E-state index in [1.54, 1.807) is 0 Å². The Morgan fingerprint density at radius 2 is 1.88 bits per heavy atom. The summed E-state index contributed by atoms with van der Waals surface area (Å²) in [5, 5.41) is 10.2. The molecule has 24 heavy (non-hydrogen) atoms. The van der Waals surface area contributed by atoms with E-state index in [2.05, 4.69) is 20.5 Å². The second-order valence-corrected chi connectivity index (χ2v) is 6.12.